The second-order valence-electron chi connectivity index (χ2n) is 12.7. The van der Waals surface area contributed by atoms with Gasteiger partial charge in [0.15, 0.2) is 5.71 Å². The molecule has 0 fully saturated rings. The van der Waals surface area contributed by atoms with Crippen LogP contribution in [0, 0.1) is 0 Å². The van der Waals surface area contributed by atoms with Crippen LogP contribution in [-0.4, -0.2) is 49.3 Å². The highest BCUT2D eigenvalue weighted by Crippen LogP contribution is 2.49. The van der Waals surface area contributed by atoms with Crippen molar-refractivity contribution in [3.05, 3.63) is 104 Å². The smallest absolute Gasteiger partial charge is 0.285 e. The van der Waals surface area contributed by atoms with Crippen LogP contribution in [0.1, 0.15) is 58.1 Å². The first kappa shape index (κ1) is 33.1. The fourth-order valence-corrected chi connectivity index (χ4v) is 7.31. The summed E-state index contributed by atoms with van der Waals surface area (Å²) in [5.41, 5.74) is 7.50. The van der Waals surface area contributed by atoms with Gasteiger partial charge in [0.2, 0.25) is 18.1 Å². The topological polar surface area (TPSA) is 64.5 Å². The molecule has 0 radical (unpaired) electrons. The Hall–Kier alpha value is -3.32. The van der Waals surface area contributed by atoms with Crippen LogP contribution < -0.4 is 15.5 Å². The third-order valence-corrected chi connectivity index (χ3v) is 10.2. The third-order valence-electron chi connectivity index (χ3n) is 9.21. The molecule has 0 saturated carbocycles. The lowest BCUT2D eigenvalue weighted by atomic mass is 9.81. The molecule has 6 nitrogen and oxygen atoms in total. The highest BCUT2D eigenvalue weighted by Gasteiger charge is 2.45. The maximum Gasteiger partial charge on any atom is 0.285 e. The Morgan fingerprint density at radius 1 is 0.867 bits per heavy atom. The van der Waals surface area contributed by atoms with Gasteiger partial charge in [-0.2, -0.15) is 4.58 Å². The van der Waals surface area contributed by atoms with Crippen LogP contribution in [0.25, 0.3) is 0 Å². The highest BCUT2D eigenvalue weighted by atomic mass is 35.5. The third kappa shape index (κ3) is 6.25. The molecule has 0 atom stereocenters. The summed E-state index contributed by atoms with van der Waals surface area (Å²) >= 11 is 19.9. The maximum atomic E-state index is 12.5. The predicted octanol–water partition coefficient (Wildman–Crippen LogP) is 7.70. The second kappa shape index (κ2) is 12.8. The molecule has 2 amide bonds. The predicted molar refractivity (Wildman–Crippen MR) is 186 cm³/mol. The van der Waals surface area contributed by atoms with Crippen LogP contribution in [0.15, 0.2) is 82.6 Å². The molecule has 5 rings (SSSR count). The molecule has 2 aromatic carbocycles. The maximum absolute atomic E-state index is 12.5. The number of carbonyl (C=O) groups is 2. The van der Waals surface area contributed by atoms with E-state index in [9.17, 15) is 9.59 Å². The number of benzene rings is 2. The zero-order chi connectivity index (χ0) is 32.7. The number of nitrogens with one attached hydrogen (secondary N) is 2. The average molecular weight is 667 g/mol. The van der Waals surface area contributed by atoms with Crippen LogP contribution in [0.3, 0.4) is 0 Å². The van der Waals surface area contributed by atoms with E-state index < -0.39 is 0 Å². The van der Waals surface area contributed by atoms with Crippen molar-refractivity contribution < 1.29 is 14.2 Å². The lowest BCUT2D eigenvalue weighted by Crippen LogP contribution is -2.35. The quantitative estimate of drug-likeness (QED) is 0.298. The molecule has 2 aromatic rings. The van der Waals surface area contributed by atoms with Crippen LogP contribution >= 0.6 is 34.8 Å². The summed E-state index contributed by atoms with van der Waals surface area (Å²) in [5.74, 6) is -0.144. The second-order valence-corrected chi connectivity index (χ2v) is 14.0. The Bertz CT molecular complexity index is 1730. The molecule has 3 aliphatic rings. The van der Waals surface area contributed by atoms with E-state index >= 15 is 0 Å². The van der Waals surface area contributed by atoms with Crippen molar-refractivity contribution in [2.24, 2.45) is 0 Å². The molecule has 2 aliphatic heterocycles. The number of carbonyl (C=O) groups excluding carboxylic acids is 2. The van der Waals surface area contributed by atoms with Gasteiger partial charge in [0.25, 0.3) is 5.91 Å². The molecule has 1 aliphatic carbocycles. The first-order chi connectivity index (χ1) is 21.3. The van der Waals surface area contributed by atoms with Gasteiger partial charge in [-0.25, -0.2) is 0 Å². The molecule has 0 aromatic heterocycles. The van der Waals surface area contributed by atoms with Crippen LogP contribution in [0.4, 0.5) is 11.4 Å². The van der Waals surface area contributed by atoms with Gasteiger partial charge in [-0.15, -0.1) is 0 Å². The molecule has 9 heteroatoms. The molecule has 0 saturated heterocycles. The highest BCUT2D eigenvalue weighted by molar-refractivity contribution is 6.33. The molecule has 45 heavy (non-hydrogen) atoms. The molecular weight excluding hydrogens is 627 g/mol. The van der Waals surface area contributed by atoms with Crippen LogP contribution in [-0.2, 0) is 20.4 Å². The summed E-state index contributed by atoms with van der Waals surface area (Å²) in [6.07, 6.45) is 11.1. The van der Waals surface area contributed by atoms with Gasteiger partial charge in [-0.1, -0.05) is 60.8 Å². The lowest BCUT2D eigenvalue weighted by molar-refractivity contribution is -0.425. The number of hydrogen-bond acceptors (Lipinski definition) is 3. The average Bonchev–Trinajstić information content (AvgIpc) is 3.33. The minimum absolute atomic E-state index is 0.0719. The molecule has 0 spiro atoms. The Kier molecular flexibility index (Phi) is 9.42. The fraction of sp³-hybridized carbons (Fsp3) is 0.361. The minimum Gasteiger partial charge on any atom is -0.358 e. The SMILES string of the molecule is CNC(=O)CN1C(=CC=C2CCCC(C=CC3=[N+](CC(=O)NC)c4ccc(Cl)cc4C3(C)C)=C2Cl)C(C)(C)c2cc(Cl)ccc21. The van der Waals surface area contributed by atoms with E-state index in [0.29, 0.717) is 10.0 Å². The number of allylic oxidation sites excluding steroid dienone is 8. The van der Waals surface area contributed by atoms with E-state index in [2.05, 4.69) is 72.1 Å². The van der Waals surface area contributed by atoms with Crippen molar-refractivity contribution >= 4 is 63.7 Å². The van der Waals surface area contributed by atoms with Gasteiger partial charge >= 0.3 is 0 Å². The van der Waals surface area contributed by atoms with Gasteiger partial charge in [-0.05, 0) is 86.2 Å². The van der Waals surface area contributed by atoms with E-state index in [1.807, 2.05) is 36.4 Å². The number of amides is 2. The summed E-state index contributed by atoms with van der Waals surface area (Å²) < 4.78 is 2.06. The number of anilines is 1. The van der Waals surface area contributed by atoms with Crippen molar-refractivity contribution in [2.75, 3.05) is 32.1 Å². The summed E-state index contributed by atoms with van der Waals surface area (Å²) in [4.78, 5) is 27.1. The van der Waals surface area contributed by atoms with Gasteiger partial charge < -0.3 is 15.5 Å². The zero-order valence-electron chi connectivity index (χ0n) is 26.7. The van der Waals surface area contributed by atoms with Gasteiger partial charge in [-0.3, -0.25) is 9.59 Å². The fourth-order valence-electron chi connectivity index (χ4n) is 6.65. The zero-order valence-corrected chi connectivity index (χ0v) is 28.9. The summed E-state index contributed by atoms with van der Waals surface area (Å²) in [5, 5.41) is 7.56. The normalized spacial score (nSPS) is 20.3. The molecule has 0 bridgehead atoms. The van der Waals surface area contributed by atoms with Gasteiger partial charge in [0, 0.05) is 63.7 Å². The molecule has 2 N–H and O–H groups in total. The molecule has 0 unspecified atom stereocenters. The molecular formula is C36H40Cl3N4O2+. The summed E-state index contributed by atoms with van der Waals surface area (Å²) in [6, 6.07) is 11.7. The van der Waals surface area contributed by atoms with E-state index in [0.717, 1.165) is 69.4 Å². The largest absolute Gasteiger partial charge is 0.358 e. The van der Waals surface area contributed by atoms with Crippen molar-refractivity contribution in [2.45, 2.75) is 57.8 Å². The van der Waals surface area contributed by atoms with Crippen LogP contribution in [0.5, 0.6) is 0 Å². The number of likely N-dealkylation sites (N-methyl/N-ethyl adjacent to an activating group) is 2. The Morgan fingerprint density at radius 2 is 1.53 bits per heavy atom. The Balaban J connectivity index is 1.52. The number of fused-ring (bicyclic) bond motifs is 2. The standard InChI is InChI=1S/C36H39Cl3N4O2/c1-35(2)26-18-24(37)12-14-28(26)42(20-32(44)40-5)30(35)16-10-22-8-7-9-23(34(22)39)11-17-31-36(3,4)27-19-25(38)13-15-29(27)43(31)21-33(45)41-6/h10-19H,7-9,20-21H2,1-6H3,(H-,40,41,44,45)/p+1. The van der Waals surface area contributed by atoms with E-state index in [4.69, 9.17) is 34.8 Å². The van der Waals surface area contributed by atoms with Crippen molar-refractivity contribution in [3.63, 3.8) is 0 Å². The van der Waals surface area contributed by atoms with Gasteiger partial charge in [0.05, 0.1) is 5.41 Å². The lowest BCUT2D eigenvalue weighted by Gasteiger charge is -2.26. The van der Waals surface area contributed by atoms with Crippen molar-refractivity contribution in [1.29, 1.82) is 0 Å². The molecule has 236 valence electrons. The number of hydrogen-bond donors (Lipinski definition) is 2. The van der Waals surface area contributed by atoms with Crippen molar-refractivity contribution in [3.8, 4) is 0 Å². The van der Waals surface area contributed by atoms with Crippen LogP contribution in [0.2, 0.25) is 10.0 Å². The van der Waals surface area contributed by atoms with E-state index in [1.54, 1.807) is 14.1 Å². The van der Waals surface area contributed by atoms with E-state index in [1.165, 1.54) is 0 Å². The van der Waals surface area contributed by atoms with E-state index in [-0.39, 0.29) is 35.7 Å². The summed E-state index contributed by atoms with van der Waals surface area (Å²) in [7, 11) is 3.30. The molecule has 2 heterocycles. The minimum atomic E-state index is -0.365. The first-order valence-corrected chi connectivity index (χ1v) is 16.3. The number of halogens is 3. The van der Waals surface area contributed by atoms with Crippen molar-refractivity contribution in [1.82, 2.24) is 10.6 Å². The Morgan fingerprint density at radius 3 is 2.22 bits per heavy atom. The van der Waals surface area contributed by atoms with Gasteiger partial charge in [0.1, 0.15) is 6.54 Å². The first-order valence-electron chi connectivity index (χ1n) is 15.2. The number of rotatable bonds is 7. The monoisotopic (exact) mass is 665 g/mol. The Labute approximate surface area is 281 Å². The number of nitrogens with zero attached hydrogens (tertiary/aromatic N) is 2. The summed E-state index contributed by atoms with van der Waals surface area (Å²) in [6.45, 7) is 9.02.